The Bertz CT molecular complexity index is 672. The van der Waals surface area contributed by atoms with Crippen LogP contribution >= 0.6 is 0 Å². The van der Waals surface area contributed by atoms with Crippen LogP contribution in [0.2, 0.25) is 0 Å². The lowest BCUT2D eigenvalue weighted by atomic mass is 10.3. The van der Waals surface area contributed by atoms with E-state index in [0.717, 1.165) is 0 Å². The van der Waals surface area contributed by atoms with Crippen LogP contribution in [0.1, 0.15) is 23.2 Å². The van der Waals surface area contributed by atoms with E-state index in [0.29, 0.717) is 5.76 Å². The number of hydrogen-bond donors (Lipinski definition) is 1. The molecule has 1 unspecified atom stereocenters. The van der Waals surface area contributed by atoms with Crippen molar-refractivity contribution in [2.45, 2.75) is 19.6 Å². The topological polar surface area (TPSA) is 75.7 Å². The summed E-state index contributed by atoms with van der Waals surface area (Å²) in [5.74, 6) is 0.414. The second kappa shape index (κ2) is 6.41. The van der Waals surface area contributed by atoms with Gasteiger partial charge in [0.25, 0.3) is 11.5 Å². The van der Waals surface area contributed by atoms with Gasteiger partial charge in [-0.15, -0.1) is 0 Å². The second-order valence-electron chi connectivity index (χ2n) is 4.97. The Kier molecular flexibility index (Phi) is 4.59. The fraction of sp³-hybridized carbons (Fsp3) is 0.333. The van der Waals surface area contributed by atoms with Crippen LogP contribution in [0.4, 0.5) is 0 Å². The minimum Gasteiger partial charge on any atom is -0.454 e. The zero-order valence-electron chi connectivity index (χ0n) is 12.0. The summed E-state index contributed by atoms with van der Waals surface area (Å²) >= 11 is 0. The predicted octanol–water partition coefficient (Wildman–Crippen LogP) is 0.942. The van der Waals surface area contributed by atoms with Crippen molar-refractivity contribution >= 4 is 5.91 Å². The van der Waals surface area contributed by atoms with Crippen molar-refractivity contribution in [3.8, 4) is 0 Å². The summed E-state index contributed by atoms with van der Waals surface area (Å²) in [7, 11) is 1.60. The summed E-state index contributed by atoms with van der Waals surface area (Å²) in [5, 5.41) is 9.29. The first-order chi connectivity index (χ1) is 9.97. The number of likely N-dealkylation sites (N-methyl/N-ethyl adjacent to an activating group) is 1. The van der Waals surface area contributed by atoms with Crippen molar-refractivity contribution in [3.05, 3.63) is 58.4 Å². The second-order valence-corrected chi connectivity index (χ2v) is 4.97. The number of pyridine rings is 1. The van der Waals surface area contributed by atoms with E-state index in [1.165, 1.54) is 15.5 Å². The van der Waals surface area contributed by atoms with Gasteiger partial charge in [-0.25, -0.2) is 0 Å². The van der Waals surface area contributed by atoms with Crippen LogP contribution < -0.4 is 5.56 Å². The van der Waals surface area contributed by atoms with Crippen LogP contribution in [0.15, 0.2) is 45.7 Å². The summed E-state index contributed by atoms with van der Waals surface area (Å²) in [5.41, 5.74) is -0.131. The van der Waals surface area contributed by atoms with Crippen LogP contribution in [-0.4, -0.2) is 40.2 Å². The molecule has 0 radical (unpaired) electrons. The van der Waals surface area contributed by atoms with E-state index in [4.69, 9.17) is 4.42 Å². The molecule has 0 aliphatic carbocycles. The Morgan fingerprint density at radius 1 is 1.38 bits per heavy atom. The minimum absolute atomic E-state index is 0.131. The van der Waals surface area contributed by atoms with Gasteiger partial charge in [-0.3, -0.25) is 9.59 Å². The molecule has 0 saturated carbocycles. The fourth-order valence-corrected chi connectivity index (χ4v) is 2.00. The van der Waals surface area contributed by atoms with Gasteiger partial charge in [-0.1, -0.05) is 6.07 Å². The van der Waals surface area contributed by atoms with Crippen LogP contribution in [0.5, 0.6) is 0 Å². The first-order valence-electron chi connectivity index (χ1n) is 6.65. The van der Waals surface area contributed by atoms with Crippen LogP contribution in [-0.2, 0) is 6.54 Å². The van der Waals surface area contributed by atoms with Crippen molar-refractivity contribution in [2.24, 2.45) is 0 Å². The van der Waals surface area contributed by atoms with Gasteiger partial charge in [0.2, 0.25) is 0 Å². The number of carbonyl (C=O) groups excluding carboxylic acids is 1. The molecule has 2 aromatic rings. The molecule has 1 atom stereocenters. The highest BCUT2D eigenvalue weighted by molar-refractivity contribution is 5.91. The Balaban J connectivity index is 2.10. The monoisotopic (exact) mass is 290 g/mol. The number of carbonyl (C=O) groups is 1. The lowest BCUT2D eigenvalue weighted by Gasteiger charge is -2.17. The van der Waals surface area contributed by atoms with Crippen molar-refractivity contribution in [1.29, 1.82) is 0 Å². The lowest BCUT2D eigenvalue weighted by Crippen LogP contribution is -2.32. The third-order valence-corrected chi connectivity index (χ3v) is 2.98. The number of hydrogen-bond acceptors (Lipinski definition) is 4. The van der Waals surface area contributed by atoms with Crippen LogP contribution in [0, 0.1) is 0 Å². The van der Waals surface area contributed by atoms with Crippen LogP contribution in [0.25, 0.3) is 0 Å². The molecular weight excluding hydrogens is 272 g/mol. The average Bonchev–Trinajstić information content (AvgIpc) is 2.88. The minimum atomic E-state index is -0.601. The van der Waals surface area contributed by atoms with Crippen molar-refractivity contribution < 1.29 is 14.3 Å². The number of amides is 1. The number of aromatic nitrogens is 1. The highest BCUT2D eigenvalue weighted by Gasteiger charge is 2.17. The molecule has 0 aliphatic rings. The summed E-state index contributed by atoms with van der Waals surface area (Å²) in [4.78, 5) is 25.1. The number of furan rings is 1. The maximum atomic E-state index is 12.1. The summed E-state index contributed by atoms with van der Waals surface area (Å²) < 4.78 is 6.97. The first kappa shape index (κ1) is 15.1. The molecule has 6 nitrogen and oxygen atoms in total. The molecule has 112 valence electrons. The van der Waals surface area contributed by atoms with E-state index >= 15 is 0 Å². The molecular formula is C15H18N2O4. The van der Waals surface area contributed by atoms with Gasteiger partial charge >= 0.3 is 0 Å². The van der Waals surface area contributed by atoms with Crippen LogP contribution in [0.3, 0.4) is 0 Å². The Morgan fingerprint density at radius 2 is 2.14 bits per heavy atom. The predicted molar refractivity (Wildman–Crippen MR) is 77.2 cm³/mol. The zero-order chi connectivity index (χ0) is 15.4. The zero-order valence-corrected chi connectivity index (χ0v) is 12.0. The quantitative estimate of drug-likeness (QED) is 0.889. The molecule has 1 N–H and O–H groups in total. The number of nitrogens with zero attached hydrogens (tertiary/aromatic N) is 2. The number of rotatable bonds is 5. The van der Waals surface area contributed by atoms with E-state index in [9.17, 15) is 14.7 Å². The summed E-state index contributed by atoms with van der Waals surface area (Å²) in [6.07, 6.45) is 1.06. The van der Waals surface area contributed by atoms with Gasteiger partial charge in [0.05, 0.1) is 12.6 Å². The fourth-order valence-electron chi connectivity index (χ4n) is 2.00. The third kappa shape index (κ3) is 3.82. The van der Waals surface area contributed by atoms with Crippen molar-refractivity contribution in [2.75, 3.05) is 13.6 Å². The van der Waals surface area contributed by atoms with Crippen molar-refractivity contribution in [1.82, 2.24) is 9.47 Å². The van der Waals surface area contributed by atoms with Gasteiger partial charge < -0.3 is 19.0 Å². The molecule has 2 aromatic heterocycles. The van der Waals surface area contributed by atoms with Gasteiger partial charge in [0.1, 0.15) is 5.76 Å². The summed E-state index contributed by atoms with van der Waals surface area (Å²) in [6.45, 7) is 2.11. The molecule has 0 fully saturated rings. The Morgan fingerprint density at radius 3 is 2.81 bits per heavy atom. The van der Waals surface area contributed by atoms with E-state index in [1.807, 2.05) is 0 Å². The van der Waals surface area contributed by atoms with Gasteiger partial charge in [0, 0.05) is 25.9 Å². The van der Waals surface area contributed by atoms with E-state index in [1.54, 1.807) is 44.4 Å². The number of aliphatic hydroxyl groups is 1. The maximum absolute atomic E-state index is 12.1. The molecule has 21 heavy (non-hydrogen) atoms. The molecule has 2 rings (SSSR count). The van der Waals surface area contributed by atoms with E-state index < -0.39 is 6.10 Å². The normalized spacial score (nSPS) is 12.1. The molecule has 6 heteroatoms. The molecule has 0 saturated heterocycles. The highest BCUT2D eigenvalue weighted by atomic mass is 16.4. The highest BCUT2D eigenvalue weighted by Crippen LogP contribution is 2.11. The van der Waals surface area contributed by atoms with Gasteiger partial charge in [-0.05, 0) is 25.1 Å². The molecule has 0 aromatic carbocycles. The van der Waals surface area contributed by atoms with E-state index in [-0.39, 0.29) is 30.3 Å². The summed E-state index contributed by atoms with van der Waals surface area (Å²) in [6, 6.07) is 8.13. The van der Waals surface area contributed by atoms with Crippen molar-refractivity contribution in [3.63, 3.8) is 0 Å². The molecule has 0 bridgehead atoms. The smallest absolute Gasteiger partial charge is 0.289 e. The molecule has 2 heterocycles. The average molecular weight is 290 g/mol. The Labute approximate surface area is 122 Å². The van der Waals surface area contributed by atoms with Gasteiger partial charge in [-0.2, -0.15) is 0 Å². The lowest BCUT2D eigenvalue weighted by molar-refractivity contribution is 0.0672. The molecule has 0 aliphatic heterocycles. The maximum Gasteiger partial charge on any atom is 0.289 e. The molecule has 1 amide bonds. The standard InChI is InChI=1S/C15H18N2O4/c1-11(18)9-16(2)15(20)13-7-6-12(21-13)10-17-8-4-3-5-14(17)19/h3-8,11,18H,9-10H2,1-2H3. The molecule has 0 spiro atoms. The SMILES string of the molecule is CC(O)CN(C)C(=O)c1ccc(Cn2ccccc2=O)o1. The number of aliphatic hydroxyl groups excluding tert-OH is 1. The Hall–Kier alpha value is -2.34. The van der Waals surface area contributed by atoms with E-state index in [2.05, 4.69) is 0 Å². The first-order valence-corrected chi connectivity index (χ1v) is 6.65. The third-order valence-electron chi connectivity index (χ3n) is 2.98. The van der Waals surface area contributed by atoms with Gasteiger partial charge in [0.15, 0.2) is 5.76 Å². The largest absolute Gasteiger partial charge is 0.454 e.